The third-order valence-corrected chi connectivity index (χ3v) is 9.60. The van der Waals surface area contributed by atoms with Gasteiger partial charge in [-0.05, 0) is 61.7 Å². The van der Waals surface area contributed by atoms with Crippen LogP contribution in [-0.4, -0.2) is 48.7 Å². The van der Waals surface area contributed by atoms with Crippen molar-refractivity contribution < 1.29 is 22.9 Å². The van der Waals surface area contributed by atoms with E-state index in [4.69, 9.17) is 0 Å². The molecule has 12 heteroatoms. The molecule has 0 spiro atoms. The molecule has 3 aromatic carbocycles. The Morgan fingerprint density at radius 1 is 1.00 bits per heavy atom. The Balaban J connectivity index is 1.68. The maximum atomic E-state index is 14.0. The van der Waals surface area contributed by atoms with Gasteiger partial charge in [0.2, 0.25) is 11.8 Å². The van der Waals surface area contributed by atoms with E-state index in [1.165, 1.54) is 41.3 Å². The van der Waals surface area contributed by atoms with Gasteiger partial charge in [-0.25, -0.2) is 8.42 Å². The molecular weight excluding hydrogens is 624 g/mol. The molecule has 0 heterocycles. The third-order valence-electron chi connectivity index (χ3n) is 7.32. The number of amides is 2. The molecule has 1 aliphatic rings. The molecule has 3 aromatic rings. The minimum atomic E-state index is -4.26. The van der Waals surface area contributed by atoms with E-state index >= 15 is 0 Å². The van der Waals surface area contributed by atoms with Gasteiger partial charge in [0, 0.05) is 29.2 Å². The van der Waals surface area contributed by atoms with E-state index in [0.717, 1.165) is 46.4 Å². The fraction of sp³-hybridized carbons (Fsp3) is 0.333. The van der Waals surface area contributed by atoms with Crippen LogP contribution in [0.15, 0.2) is 88.2 Å². The topological polar surface area (TPSA) is 130 Å². The minimum Gasteiger partial charge on any atom is -0.352 e. The summed E-state index contributed by atoms with van der Waals surface area (Å²) >= 11 is 3.44. The summed E-state index contributed by atoms with van der Waals surface area (Å²) < 4.78 is 29.4. The molecule has 1 saturated carbocycles. The summed E-state index contributed by atoms with van der Waals surface area (Å²) in [6, 6.07) is 19.1. The van der Waals surface area contributed by atoms with Gasteiger partial charge in [-0.2, -0.15) is 0 Å². The monoisotopic (exact) mass is 656 g/mol. The Bertz CT molecular complexity index is 1510. The van der Waals surface area contributed by atoms with E-state index in [1.54, 1.807) is 25.1 Å². The average Bonchev–Trinajstić information content (AvgIpc) is 2.99. The van der Waals surface area contributed by atoms with Gasteiger partial charge in [-0.3, -0.25) is 24.0 Å². The second-order valence-corrected chi connectivity index (χ2v) is 13.0. The van der Waals surface area contributed by atoms with Gasteiger partial charge in [0.1, 0.15) is 12.6 Å². The number of sulfonamides is 1. The van der Waals surface area contributed by atoms with Gasteiger partial charge < -0.3 is 10.2 Å². The van der Waals surface area contributed by atoms with Crippen LogP contribution >= 0.6 is 15.9 Å². The molecule has 222 valence electrons. The zero-order chi connectivity index (χ0) is 30.3. The van der Waals surface area contributed by atoms with Crippen LogP contribution in [0.5, 0.6) is 0 Å². The normalized spacial score (nSPS) is 14.5. The molecule has 42 heavy (non-hydrogen) atoms. The Labute approximate surface area is 254 Å². The van der Waals surface area contributed by atoms with Crippen molar-refractivity contribution >= 4 is 49.1 Å². The van der Waals surface area contributed by atoms with Crippen molar-refractivity contribution in [3.05, 3.63) is 99.0 Å². The number of rotatable bonds is 11. The maximum Gasteiger partial charge on any atom is 0.269 e. The van der Waals surface area contributed by atoms with Crippen molar-refractivity contribution in [1.82, 2.24) is 10.2 Å². The number of nitro groups is 1. The maximum absolute atomic E-state index is 14.0. The quantitative estimate of drug-likeness (QED) is 0.217. The first-order valence-corrected chi connectivity index (χ1v) is 16.0. The van der Waals surface area contributed by atoms with E-state index in [1.807, 2.05) is 24.3 Å². The Kier molecular flexibility index (Phi) is 10.3. The first kappa shape index (κ1) is 31.2. The van der Waals surface area contributed by atoms with Crippen molar-refractivity contribution in [2.75, 3.05) is 10.8 Å². The summed E-state index contributed by atoms with van der Waals surface area (Å²) in [7, 11) is -4.26. The molecule has 1 atom stereocenters. The number of nitrogens with one attached hydrogen (secondary N) is 1. The Morgan fingerprint density at radius 3 is 2.29 bits per heavy atom. The molecule has 0 bridgehead atoms. The fourth-order valence-corrected chi connectivity index (χ4v) is 6.85. The standard InChI is InChI=1S/C30H33BrN4O6S/c1-22(30(37)32-25-11-4-2-5-12-25)33(20-23-9-8-10-24(31)19-23)29(36)21-34(26-15-17-27(18-16-26)35(38)39)42(40,41)28-13-6-3-7-14-28/h3,6-10,13-19,22,25H,2,4-5,11-12,20-21H2,1H3,(H,32,37). The molecule has 0 saturated heterocycles. The van der Waals surface area contributed by atoms with Crippen molar-refractivity contribution in [1.29, 1.82) is 0 Å². The molecule has 0 aliphatic heterocycles. The van der Waals surface area contributed by atoms with E-state index in [-0.39, 0.29) is 34.8 Å². The molecule has 10 nitrogen and oxygen atoms in total. The molecule has 1 fully saturated rings. The van der Waals surface area contributed by atoms with Crippen LogP contribution in [0.3, 0.4) is 0 Å². The summed E-state index contributed by atoms with van der Waals surface area (Å²) in [6.45, 7) is 1.08. The van der Waals surface area contributed by atoms with Gasteiger partial charge in [0.05, 0.1) is 15.5 Å². The smallest absolute Gasteiger partial charge is 0.269 e. The molecular formula is C30H33BrN4O6S. The molecule has 0 radical (unpaired) electrons. The highest BCUT2D eigenvalue weighted by atomic mass is 79.9. The second-order valence-electron chi connectivity index (χ2n) is 10.3. The van der Waals surface area contributed by atoms with Crippen molar-refractivity contribution in [2.24, 2.45) is 0 Å². The van der Waals surface area contributed by atoms with Crippen LogP contribution in [0.4, 0.5) is 11.4 Å². The lowest BCUT2D eigenvalue weighted by atomic mass is 9.95. The van der Waals surface area contributed by atoms with Crippen molar-refractivity contribution in [2.45, 2.75) is 62.6 Å². The SMILES string of the molecule is CC(C(=O)NC1CCCCC1)N(Cc1cccc(Br)c1)C(=O)CN(c1ccc([N+](=O)[O-])cc1)S(=O)(=O)c1ccccc1. The summed E-state index contributed by atoms with van der Waals surface area (Å²) in [5.74, 6) is -0.905. The molecule has 1 N–H and O–H groups in total. The van der Waals surface area contributed by atoms with Gasteiger partial charge >= 0.3 is 0 Å². The first-order chi connectivity index (χ1) is 20.1. The van der Waals surface area contributed by atoms with Crippen LogP contribution in [0.1, 0.15) is 44.6 Å². The largest absolute Gasteiger partial charge is 0.352 e. The van der Waals surface area contributed by atoms with E-state index in [2.05, 4.69) is 21.2 Å². The van der Waals surface area contributed by atoms with Gasteiger partial charge in [0.25, 0.3) is 15.7 Å². The number of non-ortho nitro benzene ring substituents is 1. The lowest BCUT2D eigenvalue weighted by Gasteiger charge is -2.33. The van der Waals surface area contributed by atoms with Gasteiger partial charge in [-0.15, -0.1) is 0 Å². The Morgan fingerprint density at radius 2 is 1.67 bits per heavy atom. The predicted octanol–water partition coefficient (Wildman–Crippen LogP) is 5.42. The molecule has 0 aromatic heterocycles. The molecule has 2 amide bonds. The highest BCUT2D eigenvalue weighted by molar-refractivity contribution is 9.10. The number of hydrogen-bond donors (Lipinski definition) is 1. The predicted molar refractivity (Wildman–Crippen MR) is 163 cm³/mol. The van der Waals surface area contributed by atoms with Gasteiger partial charge in [-0.1, -0.05) is 65.5 Å². The van der Waals surface area contributed by atoms with E-state index < -0.39 is 33.4 Å². The highest BCUT2D eigenvalue weighted by Crippen LogP contribution is 2.27. The summed E-state index contributed by atoms with van der Waals surface area (Å²) in [6.07, 6.45) is 4.94. The fourth-order valence-electron chi connectivity index (χ4n) is 4.97. The van der Waals surface area contributed by atoms with Crippen LogP contribution in [0.2, 0.25) is 0 Å². The van der Waals surface area contributed by atoms with Crippen molar-refractivity contribution in [3.8, 4) is 0 Å². The van der Waals surface area contributed by atoms with Crippen molar-refractivity contribution in [3.63, 3.8) is 0 Å². The van der Waals surface area contributed by atoms with E-state index in [0.29, 0.717) is 0 Å². The number of hydrogen-bond acceptors (Lipinski definition) is 6. The third kappa shape index (κ3) is 7.74. The number of carbonyl (C=O) groups is 2. The number of carbonyl (C=O) groups excluding carboxylic acids is 2. The highest BCUT2D eigenvalue weighted by Gasteiger charge is 2.33. The summed E-state index contributed by atoms with van der Waals surface area (Å²) in [4.78, 5) is 39.4. The molecule has 1 unspecified atom stereocenters. The number of nitrogens with zero attached hydrogens (tertiary/aromatic N) is 3. The Hall–Kier alpha value is -3.77. The summed E-state index contributed by atoms with van der Waals surface area (Å²) in [5.41, 5.74) is 0.619. The zero-order valence-electron chi connectivity index (χ0n) is 23.2. The van der Waals surface area contributed by atoms with Crippen LogP contribution < -0.4 is 9.62 Å². The number of benzene rings is 3. The number of nitro benzene ring substituents is 1. The average molecular weight is 658 g/mol. The minimum absolute atomic E-state index is 0.0339. The van der Waals surface area contributed by atoms with Crippen LogP contribution in [0, 0.1) is 10.1 Å². The van der Waals surface area contributed by atoms with Crippen LogP contribution in [-0.2, 0) is 26.2 Å². The number of halogens is 1. The first-order valence-electron chi connectivity index (χ1n) is 13.7. The molecule has 1 aliphatic carbocycles. The van der Waals surface area contributed by atoms with Gasteiger partial charge in [0.15, 0.2) is 0 Å². The number of anilines is 1. The van der Waals surface area contributed by atoms with E-state index in [9.17, 15) is 28.1 Å². The molecule has 4 rings (SSSR count). The zero-order valence-corrected chi connectivity index (χ0v) is 25.6. The lowest BCUT2D eigenvalue weighted by Crippen LogP contribution is -2.53. The second kappa shape index (κ2) is 13.9. The summed E-state index contributed by atoms with van der Waals surface area (Å²) in [5, 5.41) is 14.3. The van der Waals surface area contributed by atoms with Crippen LogP contribution in [0.25, 0.3) is 0 Å². The lowest BCUT2D eigenvalue weighted by molar-refractivity contribution is -0.384.